The van der Waals surface area contributed by atoms with Crippen molar-refractivity contribution in [3.8, 4) is 0 Å². The van der Waals surface area contributed by atoms with Gasteiger partial charge >= 0.3 is 0 Å². The smallest absolute Gasteiger partial charge is 0.0861 e. The molecule has 0 nitrogen and oxygen atoms in total. The fourth-order valence-electron chi connectivity index (χ4n) is 12.6. The summed E-state index contributed by atoms with van der Waals surface area (Å²) < 4.78 is 0. The van der Waals surface area contributed by atoms with Crippen LogP contribution < -0.4 is 0 Å². The molecule has 0 radical (unpaired) electrons. The van der Waals surface area contributed by atoms with Gasteiger partial charge in [0.15, 0.2) is 0 Å². The monoisotopic (exact) mass is 436 g/mol. The van der Waals surface area contributed by atoms with E-state index in [-0.39, 0.29) is 0 Å². The summed E-state index contributed by atoms with van der Waals surface area (Å²) >= 11 is 0. The van der Waals surface area contributed by atoms with Gasteiger partial charge in [0.05, 0.1) is 0 Å². The van der Waals surface area contributed by atoms with Crippen LogP contribution in [0.5, 0.6) is 0 Å². The van der Waals surface area contributed by atoms with Crippen LogP contribution >= 0.6 is 0 Å². The highest BCUT2D eigenvalue weighted by Gasteiger charge is 2.75. The molecule has 0 aromatic carbocycles. The van der Waals surface area contributed by atoms with Crippen LogP contribution in [0, 0.1) is 56.2 Å². The molecule has 0 aliphatic heterocycles. The zero-order valence-corrected chi connectivity index (χ0v) is 22.8. The van der Waals surface area contributed by atoms with E-state index in [1.807, 2.05) is 0 Å². The molecule has 8 unspecified atom stereocenters. The van der Waals surface area contributed by atoms with E-state index < -0.39 is 0 Å². The van der Waals surface area contributed by atoms with Crippen molar-refractivity contribution in [2.45, 2.75) is 138 Å². The van der Waals surface area contributed by atoms with Gasteiger partial charge < -0.3 is 0 Å². The lowest BCUT2D eigenvalue weighted by atomic mass is 9.22. The van der Waals surface area contributed by atoms with Crippen molar-refractivity contribution in [3.05, 3.63) is 0 Å². The van der Waals surface area contributed by atoms with Crippen molar-refractivity contribution >= 4 is 6.71 Å². The second-order valence-electron chi connectivity index (χ2n) is 16.6. The molecule has 0 aromatic heterocycles. The Kier molecular flexibility index (Phi) is 4.67. The van der Waals surface area contributed by atoms with Crippen LogP contribution in [0.15, 0.2) is 0 Å². The molecule has 6 fully saturated rings. The van der Waals surface area contributed by atoms with Crippen LogP contribution in [0.4, 0.5) is 0 Å². The van der Waals surface area contributed by atoms with Crippen LogP contribution in [0.1, 0.15) is 119 Å². The molecule has 1 heteroatoms. The van der Waals surface area contributed by atoms with E-state index in [1.165, 1.54) is 51.4 Å². The maximum Gasteiger partial charge on any atom is 0.137 e. The van der Waals surface area contributed by atoms with Gasteiger partial charge in [-0.25, -0.2) is 0 Å². The average molecular weight is 437 g/mol. The fourth-order valence-corrected chi connectivity index (χ4v) is 12.6. The lowest BCUT2D eigenvalue weighted by molar-refractivity contribution is -0.272. The van der Waals surface area contributed by atoms with Crippen molar-refractivity contribution in [2.75, 3.05) is 0 Å². The minimum absolute atomic E-state index is 0.592. The Morgan fingerprint density at radius 1 is 0.594 bits per heavy atom. The molecule has 6 saturated carbocycles. The first-order chi connectivity index (χ1) is 14.9. The predicted molar refractivity (Wildman–Crippen MR) is 139 cm³/mol. The maximum absolute atomic E-state index is 2.76. The van der Waals surface area contributed by atoms with Gasteiger partial charge in [-0.05, 0) is 120 Å². The molecule has 6 aliphatic carbocycles. The van der Waals surface area contributed by atoms with Gasteiger partial charge in [-0.1, -0.05) is 73.8 Å². The van der Waals surface area contributed by atoms with Crippen molar-refractivity contribution in [1.29, 1.82) is 0 Å². The number of hydrogen-bond donors (Lipinski definition) is 0. The number of hydrogen-bond acceptors (Lipinski definition) is 0. The van der Waals surface area contributed by atoms with Gasteiger partial charge in [-0.2, -0.15) is 0 Å². The van der Waals surface area contributed by atoms with Gasteiger partial charge in [0.1, 0.15) is 6.71 Å². The highest BCUT2D eigenvalue weighted by atomic mass is 14.8. The van der Waals surface area contributed by atoms with E-state index in [2.05, 4.69) is 48.4 Å². The fraction of sp³-hybridized carbons (Fsp3) is 1.00. The maximum atomic E-state index is 2.76. The molecule has 0 saturated heterocycles. The second-order valence-corrected chi connectivity index (χ2v) is 16.6. The van der Waals surface area contributed by atoms with Crippen LogP contribution in [-0.4, -0.2) is 6.71 Å². The first-order valence-corrected chi connectivity index (χ1v) is 14.9. The molecular weight excluding hydrogens is 383 g/mol. The summed E-state index contributed by atoms with van der Waals surface area (Å²) in [5, 5.41) is 0. The van der Waals surface area contributed by atoms with E-state index in [4.69, 9.17) is 0 Å². The Balaban J connectivity index is 1.15. The molecule has 0 aromatic rings. The van der Waals surface area contributed by atoms with E-state index in [1.54, 1.807) is 38.3 Å². The first-order valence-electron chi connectivity index (χ1n) is 14.9. The molecule has 0 heterocycles. The van der Waals surface area contributed by atoms with Crippen LogP contribution in [0.3, 0.4) is 0 Å². The standard InChI is InChI=1S/C31H53B/c1-26(2)12-8-14-28(5)24(22-10-16-30(22,28)20-26)18-32(7)19-25-23-11-17-31(23)21-27(3,4)13-9-15-29(25,31)6/h22-25H,8-21H2,1-7H3. The van der Waals surface area contributed by atoms with Crippen molar-refractivity contribution in [2.24, 2.45) is 56.2 Å². The molecule has 6 rings (SSSR count). The average Bonchev–Trinajstić information content (AvgIpc) is 2.84. The van der Waals surface area contributed by atoms with E-state index in [0.29, 0.717) is 21.7 Å². The highest BCUT2D eigenvalue weighted by Crippen LogP contribution is 2.82. The Morgan fingerprint density at radius 3 is 1.34 bits per heavy atom. The molecule has 8 atom stereocenters. The molecule has 2 spiro atoms. The quantitative estimate of drug-likeness (QED) is 0.385. The van der Waals surface area contributed by atoms with Gasteiger partial charge in [0.2, 0.25) is 0 Å². The minimum atomic E-state index is 0.592. The number of rotatable bonds is 4. The Hall–Kier alpha value is 0.0649. The van der Waals surface area contributed by atoms with Crippen molar-refractivity contribution < 1.29 is 0 Å². The summed E-state index contributed by atoms with van der Waals surface area (Å²) in [7, 11) is 0. The summed E-state index contributed by atoms with van der Waals surface area (Å²) in [6, 6.07) is 0. The first kappa shape index (κ1) is 22.5. The molecule has 0 amide bonds. The SMILES string of the molecule is CB(CC1C2CCC23CC(C)(C)CCCC13C)CC1C2CCC23CC(C)(C)CCCC13C. The van der Waals surface area contributed by atoms with Gasteiger partial charge in [0.25, 0.3) is 0 Å². The Labute approximate surface area is 200 Å². The van der Waals surface area contributed by atoms with Crippen LogP contribution in [-0.2, 0) is 0 Å². The lowest BCUT2D eigenvalue weighted by Crippen LogP contribution is -2.71. The third-order valence-electron chi connectivity index (χ3n) is 14.1. The van der Waals surface area contributed by atoms with E-state index in [9.17, 15) is 0 Å². The molecule has 0 bridgehead atoms. The van der Waals surface area contributed by atoms with Gasteiger partial charge in [-0.3, -0.25) is 0 Å². The molecular formula is C31H53B. The lowest BCUT2D eigenvalue weighted by Gasteiger charge is -2.77. The molecule has 0 N–H and O–H groups in total. The van der Waals surface area contributed by atoms with Gasteiger partial charge in [0, 0.05) is 0 Å². The van der Waals surface area contributed by atoms with E-state index >= 15 is 0 Å². The minimum Gasteiger partial charge on any atom is -0.0861 e. The van der Waals surface area contributed by atoms with Crippen molar-refractivity contribution in [1.82, 2.24) is 0 Å². The third-order valence-corrected chi connectivity index (χ3v) is 14.1. The normalized spacial score (nSPS) is 54.5. The topological polar surface area (TPSA) is 0 Å². The zero-order chi connectivity index (χ0) is 22.8. The Morgan fingerprint density at radius 2 is 1.00 bits per heavy atom. The summed E-state index contributed by atoms with van der Waals surface area (Å²) in [5.41, 5.74) is 4.02. The molecule has 32 heavy (non-hydrogen) atoms. The van der Waals surface area contributed by atoms with E-state index in [0.717, 1.165) is 41.2 Å². The van der Waals surface area contributed by atoms with Crippen molar-refractivity contribution in [3.63, 3.8) is 0 Å². The molecule has 180 valence electrons. The summed E-state index contributed by atoms with van der Waals surface area (Å²) in [5.74, 6) is 4.27. The van der Waals surface area contributed by atoms with Crippen LogP contribution in [0.2, 0.25) is 19.5 Å². The summed E-state index contributed by atoms with van der Waals surface area (Å²) in [6.45, 7) is 19.5. The zero-order valence-electron chi connectivity index (χ0n) is 22.8. The summed E-state index contributed by atoms with van der Waals surface area (Å²) in [6.07, 6.45) is 21.4. The largest absolute Gasteiger partial charge is 0.137 e. The third kappa shape index (κ3) is 2.64. The predicted octanol–water partition coefficient (Wildman–Crippen LogP) is 9.38. The Bertz CT molecular complexity index is 717. The summed E-state index contributed by atoms with van der Waals surface area (Å²) in [4.78, 5) is 0. The second kappa shape index (κ2) is 6.63. The van der Waals surface area contributed by atoms with Crippen LogP contribution in [0.25, 0.3) is 0 Å². The molecule has 6 aliphatic rings. The highest BCUT2D eigenvalue weighted by molar-refractivity contribution is 6.57. The van der Waals surface area contributed by atoms with Gasteiger partial charge in [-0.15, -0.1) is 0 Å².